The average molecular weight is 464 g/mol. The van der Waals surface area contributed by atoms with Crippen LogP contribution < -0.4 is 11.2 Å². The number of aromatic amines is 1. The molecule has 0 aromatic carbocycles. The maximum atomic E-state index is 13.0. The number of aliphatic carboxylic acids is 1. The minimum Gasteiger partial charge on any atom is -0.481 e. The number of aliphatic hydroxyl groups is 1. The lowest BCUT2D eigenvalue weighted by atomic mass is 9.75. The number of hydrogen-bond acceptors (Lipinski definition) is 6. The highest BCUT2D eigenvalue weighted by Gasteiger charge is 2.50. The van der Waals surface area contributed by atoms with E-state index >= 15 is 0 Å². The first-order chi connectivity index (χ1) is 15.5. The number of nitrogens with one attached hydrogen (secondary N) is 1. The Bertz CT molecular complexity index is 1010. The number of likely N-dealkylation sites (tertiary alicyclic amines) is 1. The van der Waals surface area contributed by atoms with Gasteiger partial charge < -0.3 is 19.8 Å². The number of hydrogen-bond donors (Lipinski definition) is 3. The van der Waals surface area contributed by atoms with Crippen LogP contribution in [0.2, 0.25) is 0 Å². The summed E-state index contributed by atoms with van der Waals surface area (Å²) in [6.07, 6.45) is 6.59. The fraction of sp³-hybridized carbons (Fsp3) is 0.739. The van der Waals surface area contributed by atoms with Crippen molar-refractivity contribution in [3.05, 3.63) is 33.1 Å². The molecule has 33 heavy (non-hydrogen) atoms. The lowest BCUT2D eigenvalue weighted by Gasteiger charge is -2.51. The van der Waals surface area contributed by atoms with Crippen LogP contribution in [0.15, 0.2) is 21.9 Å². The van der Waals surface area contributed by atoms with E-state index in [1.165, 1.54) is 16.8 Å². The molecule has 1 spiro atoms. The summed E-state index contributed by atoms with van der Waals surface area (Å²) in [5, 5.41) is 20.5. The normalized spacial score (nSPS) is 28.7. The minimum absolute atomic E-state index is 0.00626. The zero-order chi connectivity index (χ0) is 23.9. The number of ether oxygens (including phenoxy) is 1. The summed E-state index contributed by atoms with van der Waals surface area (Å²) in [6, 6.07) is 0.610. The van der Waals surface area contributed by atoms with Gasteiger partial charge in [-0.3, -0.25) is 23.9 Å². The van der Waals surface area contributed by atoms with E-state index in [0.29, 0.717) is 32.4 Å². The number of carbonyl (C=O) groups is 2. The Balaban J connectivity index is 1.39. The monoisotopic (exact) mass is 463 g/mol. The molecule has 1 saturated carbocycles. The lowest BCUT2D eigenvalue weighted by Crippen LogP contribution is -2.59. The second kappa shape index (κ2) is 8.72. The third-order valence-corrected chi connectivity index (χ3v) is 7.88. The number of carboxylic acids is 1. The molecular formula is C23H33N3O7. The predicted molar refractivity (Wildman–Crippen MR) is 118 cm³/mol. The highest BCUT2D eigenvalue weighted by Crippen LogP contribution is 2.46. The van der Waals surface area contributed by atoms with Crippen LogP contribution in [0.5, 0.6) is 0 Å². The zero-order valence-electron chi connectivity index (χ0n) is 19.0. The van der Waals surface area contributed by atoms with Gasteiger partial charge in [-0.15, -0.1) is 0 Å². The molecule has 2 aliphatic heterocycles. The second-order valence-corrected chi connectivity index (χ2v) is 10.4. The molecule has 1 aromatic heterocycles. The molecule has 1 aromatic rings. The van der Waals surface area contributed by atoms with Gasteiger partial charge in [0, 0.05) is 38.2 Å². The molecule has 1 aliphatic carbocycles. The topological polar surface area (TPSA) is 142 Å². The van der Waals surface area contributed by atoms with Crippen LogP contribution in [0.3, 0.4) is 0 Å². The van der Waals surface area contributed by atoms with Gasteiger partial charge in [-0.25, -0.2) is 4.79 Å². The quantitative estimate of drug-likeness (QED) is 0.592. The molecule has 2 saturated heterocycles. The van der Waals surface area contributed by atoms with Crippen LogP contribution in [-0.4, -0.2) is 67.4 Å². The molecule has 0 unspecified atom stereocenters. The summed E-state index contributed by atoms with van der Waals surface area (Å²) < 4.78 is 7.50. The van der Waals surface area contributed by atoms with Crippen molar-refractivity contribution in [1.29, 1.82) is 0 Å². The first kappa shape index (κ1) is 23.7. The van der Waals surface area contributed by atoms with Crippen LogP contribution in [0.25, 0.3) is 0 Å². The molecule has 2 atom stereocenters. The molecule has 3 N–H and O–H groups in total. The molecular weight excluding hydrogens is 430 g/mol. The first-order valence-electron chi connectivity index (χ1n) is 11.7. The van der Waals surface area contributed by atoms with Gasteiger partial charge in [0.15, 0.2) is 0 Å². The maximum absolute atomic E-state index is 13.0. The Kier molecular flexibility index (Phi) is 6.26. The van der Waals surface area contributed by atoms with Gasteiger partial charge in [0.05, 0.1) is 30.3 Å². The van der Waals surface area contributed by atoms with Gasteiger partial charge in [0.1, 0.15) is 0 Å². The van der Waals surface area contributed by atoms with Crippen molar-refractivity contribution in [3.8, 4) is 0 Å². The highest BCUT2D eigenvalue weighted by atomic mass is 16.5. The van der Waals surface area contributed by atoms with Crippen LogP contribution in [-0.2, 0) is 14.3 Å². The van der Waals surface area contributed by atoms with Gasteiger partial charge in [-0.05, 0) is 38.0 Å². The summed E-state index contributed by atoms with van der Waals surface area (Å²) in [6.45, 7) is 2.77. The third-order valence-electron chi connectivity index (χ3n) is 7.88. The molecule has 10 nitrogen and oxygen atoms in total. The molecule has 0 bridgehead atoms. The largest absolute Gasteiger partial charge is 0.481 e. The van der Waals surface area contributed by atoms with Crippen molar-refractivity contribution < 1.29 is 24.5 Å². The van der Waals surface area contributed by atoms with Crippen LogP contribution in [0.1, 0.15) is 70.8 Å². The Morgan fingerprint density at radius 2 is 1.82 bits per heavy atom. The van der Waals surface area contributed by atoms with Crippen molar-refractivity contribution in [3.63, 3.8) is 0 Å². The van der Waals surface area contributed by atoms with Gasteiger partial charge in [-0.2, -0.15) is 0 Å². The van der Waals surface area contributed by atoms with Gasteiger partial charge >= 0.3 is 11.7 Å². The standard InChI is InChI=1S/C23H33N3O7/c1-21(32)15-23(33-14-16(21)26-9-4-17(27)24-20(26)31)7-10-25(11-8-23)18(28)12-22(13-19(29)30)5-2-3-6-22/h4,9,16,32H,2-3,5-8,10-15H2,1H3,(H,29,30)(H,24,27,31)/t16-,21-/m0/s1. The number of piperidine rings is 1. The maximum Gasteiger partial charge on any atom is 0.328 e. The van der Waals surface area contributed by atoms with E-state index in [4.69, 9.17) is 4.74 Å². The van der Waals surface area contributed by atoms with Crippen LogP contribution in [0.4, 0.5) is 0 Å². The van der Waals surface area contributed by atoms with Crippen molar-refractivity contribution in [2.24, 2.45) is 5.41 Å². The Hall–Kier alpha value is -2.46. The number of H-pyrrole nitrogens is 1. The zero-order valence-corrected chi connectivity index (χ0v) is 19.0. The molecule has 0 radical (unpaired) electrons. The van der Waals surface area contributed by atoms with E-state index in [9.17, 15) is 29.4 Å². The van der Waals surface area contributed by atoms with Crippen molar-refractivity contribution in [1.82, 2.24) is 14.5 Å². The van der Waals surface area contributed by atoms with Gasteiger partial charge in [-0.1, -0.05) is 12.8 Å². The molecule has 3 fully saturated rings. The Labute approximate surface area is 191 Å². The molecule has 10 heteroatoms. The summed E-state index contributed by atoms with van der Waals surface area (Å²) in [4.78, 5) is 51.9. The fourth-order valence-electron chi connectivity index (χ4n) is 6.09. The molecule has 3 aliphatic rings. The molecule has 4 rings (SSSR count). The van der Waals surface area contributed by atoms with Crippen molar-refractivity contribution >= 4 is 11.9 Å². The minimum atomic E-state index is -1.23. The Morgan fingerprint density at radius 1 is 1.15 bits per heavy atom. The SMILES string of the molecule is C[C@]1(O)CC2(CCN(C(=O)CC3(CC(=O)O)CCCC3)CC2)OC[C@@H]1n1ccc(=O)[nH]c1=O. The van der Waals surface area contributed by atoms with E-state index in [-0.39, 0.29) is 25.4 Å². The Morgan fingerprint density at radius 3 is 2.39 bits per heavy atom. The van der Waals surface area contributed by atoms with E-state index < -0.39 is 39.9 Å². The van der Waals surface area contributed by atoms with E-state index in [2.05, 4.69) is 4.98 Å². The number of rotatable bonds is 5. The van der Waals surface area contributed by atoms with E-state index in [0.717, 1.165) is 25.7 Å². The van der Waals surface area contributed by atoms with Crippen molar-refractivity contribution in [2.75, 3.05) is 19.7 Å². The number of aromatic nitrogens is 2. The highest BCUT2D eigenvalue weighted by molar-refractivity contribution is 5.78. The van der Waals surface area contributed by atoms with Crippen molar-refractivity contribution in [2.45, 2.75) is 82.0 Å². The third kappa shape index (κ3) is 4.91. The van der Waals surface area contributed by atoms with E-state index in [1.54, 1.807) is 11.8 Å². The number of carboxylic acid groups (broad SMARTS) is 1. The predicted octanol–water partition coefficient (Wildman–Crippen LogP) is 1.04. The van der Waals surface area contributed by atoms with Crippen LogP contribution in [0, 0.1) is 5.41 Å². The van der Waals surface area contributed by atoms with Crippen LogP contribution >= 0.6 is 0 Å². The number of carbonyl (C=O) groups excluding carboxylic acids is 1. The summed E-state index contributed by atoms with van der Waals surface area (Å²) in [5.74, 6) is -0.857. The average Bonchev–Trinajstić information content (AvgIpc) is 3.16. The molecule has 3 heterocycles. The summed E-state index contributed by atoms with van der Waals surface area (Å²) in [7, 11) is 0. The number of nitrogens with zero attached hydrogens (tertiary/aromatic N) is 2. The van der Waals surface area contributed by atoms with Gasteiger partial charge in [0.2, 0.25) is 5.91 Å². The summed E-state index contributed by atoms with van der Waals surface area (Å²) >= 11 is 0. The summed E-state index contributed by atoms with van der Waals surface area (Å²) in [5.41, 5.74) is -3.34. The van der Waals surface area contributed by atoms with E-state index in [1.807, 2.05) is 0 Å². The second-order valence-electron chi connectivity index (χ2n) is 10.4. The molecule has 182 valence electrons. The molecule has 1 amide bonds. The smallest absolute Gasteiger partial charge is 0.328 e. The number of amides is 1. The first-order valence-corrected chi connectivity index (χ1v) is 11.7. The van der Waals surface area contributed by atoms with Gasteiger partial charge in [0.25, 0.3) is 5.56 Å². The lowest BCUT2D eigenvalue weighted by molar-refractivity contribution is -0.198. The fourth-order valence-corrected chi connectivity index (χ4v) is 6.09.